The van der Waals surface area contributed by atoms with Gasteiger partial charge in [0.25, 0.3) is 0 Å². The maximum atomic E-state index is 9.80. The molecule has 0 aromatic rings. The fourth-order valence-corrected chi connectivity index (χ4v) is 0.426. The van der Waals surface area contributed by atoms with E-state index in [-0.39, 0.29) is 12.9 Å². The van der Waals surface area contributed by atoms with Crippen LogP contribution in [0.5, 0.6) is 0 Å². The van der Waals surface area contributed by atoms with E-state index in [2.05, 4.69) is 0 Å². The van der Waals surface area contributed by atoms with Crippen LogP contribution in [0.25, 0.3) is 0 Å². The molecule has 1 heterocycles. The second-order valence-electron chi connectivity index (χ2n) is 1.33. The zero-order chi connectivity index (χ0) is 5.11. The lowest BCUT2D eigenvalue weighted by Gasteiger charge is -1.89. The van der Waals surface area contributed by atoms with Crippen LogP contribution in [-0.4, -0.2) is 25.8 Å². The van der Waals surface area contributed by atoms with Crippen LogP contribution in [-0.2, 0) is 14.3 Å². The van der Waals surface area contributed by atoms with Gasteiger partial charge in [-0.2, -0.15) is 0 Å². The van der Waals surface area contributed by atoms with E-state index < -0.39 is 0 Å². The summed E-state index contributed by atoms with van der Waals surface area (Å²) in [6.07, 6.45) is 0.437. The molecule has 0 bridgehead atoms. The van der Waals surface area contributed by atoms with Gasteiger partial charge < -0.3 is 14.3 Å². The first-order chi connectivity index (χ1) is 3.43. The normalized spacial score (nSPS) is 30.6. The highest BCUT2D eigenvalue weighted by Crippen LogP contribution is 1.97. The van der Waals surface area contributed by atoms with Gasteiger partial charge in [0, 0.05) is 0 Å². The van der Waals surface area contributed by atoms with Crippen LogP contribution in [0.3, 0.4) is 0 Å². The Hall–Kier alpha value is -0.410. The van der Waals surface area contributed by atoms with Crippen molar-refractivity contribution in [3.63, 3.8) is 0 Å². The van der Waals surface area contributed by atoms with Crippen LogP contribution in [0.1, 0.15) is 0 Å². The molecule has 0 saturated carbocycles. The van der Waals surface area contributed by atoms with Crippen molar-refractivity contribution in [2.75, 3.05) is 13.4 Å². The van der Waals surface area contributed by atoms with Crippen molar-refractivity contribution in [3.05, 3.63) is 0 Å². The van der Waals surface area contributed by atoms with Crippen molar-refractivity contribution in [2.45, 2.75) is 6.10 Å². The zero-order valence-electron chi connectivity index (χ0n) is 3.79. The Balaban J connectivity index is 2.26. The van der Waals surface area contributed by atoms with Crippen LogP contribution in [0, 0.1) is 0 Å². The predicted molar refractivity (Wildman–Crippen MR) is 21.8 cm³/mol. The Labute approximate surface area is 41.2 Å². The number of ether oxygens (including phenoxy) is 2. The molecule has 1 aliphatic rings. The number of hydrogen-bond donors (Lipinski definition) is 0. The quantitative estimate of drug-likeness (QED) is 0.421. The molecule has 0 amide bonds. The van der Waals surface area contributed by atoms with Crippen molar-refractivity contribution in [1.29, 1.82) is 0 Å². The van der Waals surface area contributed by atoms with Crippen LogP contribution < -0.4 is 0 Å². The summed E-state index contributed by atoms with van der Waals surface area (Å²) in [5.41, 5.74) is 0. The fraction of sp³-hybridized carbons (Fsp3) is 0.750. The van der Waals surface area contributed by atoms with E-state index in [9.17, 15) is 4.79 Å². The number of hydrogen-bond acceptors (Lipinski definition) is 3. The molecule has 3 nitrogen and oxygen atoms in total. The molecule has 1 rings (SSSR count). The second kappa shape index (κ2) is 2.04. The Bertz CT molecular complexity index is 65.3. The lowest BCUT2D eigenvalue weighted by molar-refractivity contribution is -0.115. The van der Waals surface area contributed by atoms with Crippen molar-refractivity contribution in [1.82, 2.24) is 0 Å². The van der Waals surface area contributed by atoms with Gasteiger partial charge in [0.15, 0.2) is 6.29 Å². The summed E-state index contributed by atoms with van der Waals surface area (Å²) in [6.45, 7) is 0.687. The number of carbonyl (C=O) groups excluding carboxylic acids is 1. The highest BCUT2D eigenvalue weighted by Gasteiger charge is 2.13. The Morgan fingerprint density at radius 3 is 2.86 bits per heavy atom. The lowest BCUT2D eigenvalue weighted by Crippen LogP contribution is -2.09. The first-order valence-electron chi connectivity index (χ1n) is 2.08. The third-order valence-corrected chi connectivity index (χ3v) is 0.799. The highest BCUT2D eigenvalue weighted by molar-refractivity contribution is 5.56. The summed E-state index contributed by atoms with van der Waals surface area (Å²) < 4.78 is 9.41. The molecular weight excluding hydrogens is 96.0 g/mol. The van der Waals surface area contributed by atoms with Gasteiger partial charge in [-0.1, -0.05) is 0 Å². The Kier molecular flexibility index (Phi) is 1.38. The zero-order valence-corrected chi connectivity index (χ0v) is 3.79. The van der Waals surface area contributed by atoms with Crippen LogP contribution in [0.15, 0.2) is 0 Å². The largest absolute Gasteiger partial charge is 0.352 e. The smallest absolute Gasteiger partial charge is 0.151 e. The summed E-state index contributed by atoms with van der Waals surface area (Å²) in [5.74, 6) is 0. The number of aldehydes is 1. The van der Waals surface area contributed by atoms with Gasteiger partial charge in [0.05, 0.1) is 6.61 Å². The van der Waals surface area contributed by atoms with E-state index in [0.717, 1.165) is 6.29 Å². The Morgan fingerprint density at radius 2 is 2.57 bits per heavy atom. The van der Waals surface area contributed by atoms with Gasteiger partial charge in [0.2, 0.25) is 0 Å². The molecule has 0 spiro atoms. The molecule has 1 aliphatic heterocycles. The molecule has 0 radical (unpaired) electrons. The maximum absolute atomic E-state index is 9.80. The van der Waals surface area contributed by atoms with Crippen LogP contribution in [0.2, 0.25) is 0 Å². The first-order valence-corrected chi connectivity index (χ1v) is 2.08. The van der Waals surface area contributed by atoms with Gasteiger partial charge >= 0.3 is 0 Å². The highest BCUT2D eigenvalue weighted by atomic mass is 16.7. The number of carbonyl (C=O) groups is 1. The van der Waals surface area contributed by atoms with E-state index in [0.29, 0.717) is 6.61 Å². The molecule has 1 atom stereocenters. The van der Waals surface area contributed by atoms with Crippen LogP contribution in [0.4, 0.5) is 0 Å². The van der Waals surface area contributed by atoms with Crippen molar-refractivity contribution in [2.24, 2.45) is 0 Å². The van der Waals surface area contributed by atoms with E-state index in [1.807, 2.05) is 0 Å². The number of rotatable bonds is 1. The minimum atomic E-state index is -0.306. The molecule has 3 heteroatoms. The van der Waals surface area contributed by atoms with Crippen molar-refractivity contribution in [3.8, 4) is 0 Å². The van der Waals surface area contributed by atoms with E-state index >= 15 is 0 Å². The Morgan fingerprint density at radius 1 is 1.71 bits per heavy atom. The predicted octanol–water partition coefficient (Wildman–Crippen LogP) is -0.442. The van der Waals surface area contributed by atoms with Gasteiger partial charge in [-0.3, -0.25) is 0 Å². The minimum Gasteiger partial charge on any atom is -0.352 e. The lowest BCUT2D eigenvalue weighted by atomic mass is 10.4. The molecule has 0 unspecified atom stereocenters. The molecule has 1 fully saturated rings. The molecule has 0 aromatic heterocycles. The van der Waals surface area contributed by atoms with Gasteiger partial charge in [-0.15, -0.1) is 0 Å². The maximum Gasteiger partial charge on any atom is 0.151 e. The van der Waals surface area contributed by atoms with Gasteiger partial charge in [-0.05, 0) is 0 Å². The van der Waals surface area contributed by atoms with E-state index in [1.54, 1.807) is 0 Å². The molecule has 0 N–H and O–H groups in total. The van der Waals surface area contributed by atoms with E-state index in [4.69, 9.17) is 9.47 Å². The van der Waals surface area contributed by atoms with Gasteiger partial charge in [-0.25, -0.2) is 0 Å². The molecule has 0 aromatic carbocycles. The third kappa shape index (κ3) is 0.976. The molecule has 40 valence electrons. The van der Waals surface area contributed by atoms with Gasteiger partial charge in [0.1, 0.15) is 12.9 Å². The van der Waals surface area contributed by atoms with E-state index in [1.165, 1.54) is 0 Å². The summed E-state index contributed by atoms with van der Waals surface area (Å²) in [4.78, 5) is 9.80. The van der Waals surface area contributed by atoms with Crippen molar-refractivity contribution >= 4 is 6.29 Å². The average Bonchev–Trinajstić information content (AvgIpc) is 2.14. The topological polar surface area (TPSA) is 35.5 Å². The summed E-state index contributed by atoms with van der Waals surface area (Å²) in [7, 11) is 0. The SMILES string of the molecule is O=C[C@@H]1COCO1. The molecule has 0 aliphatic carbocycles. The molecule has 1 saturated heterocycles. The summed E-state index contributed by atoms with van der Waals surface area (Å²) in [6, 6.07) is 0. The third-order valence-electron chi connectivity index (χ3n) is 0.799. The summed E-state index contributed by atoms with van der Waals surface area (Å²) >= 11 is 0. The monoisotopic (exact) mass is 102 g/mol. The van der Waals surface area contributed by atoms with Crippen LogP contribution >= 0.6 is 0 Å². The minimum absolute atomic E-state index is 0.267. The average molecular weight is 102 g/mol. The fourth-order valence-electron chi connectivity index (χ4n) is 0.426. The second-order valence-corrected chi connectivity index (χ2v) is 1.33. The first kappa shape index (κ1) is 4.74. The summed E-state index contributed by atoms with van der Waals surface area (Å²) in [5, 5.41) is 0. The molecule has 7 heavy (non-hydrogen) atoms. The van der Waals surface area contributed by atoms with Crippen molar-refractivity contribution < 1.29 is 14.3 Å². The standard InChI is InChI=1S/C4H6O3/c5-1-4-2-6-3-7-4/h1,4H,2-3H2/t4-/m1/s1. The molecular formula is C4H6O3.